The van der Waals surface area contributed by atoms with Gasteiger partial charge in [0.15, 0.2) is 5.54 Å². The minimum atomic E-state index is -3.66. The van der Waals surface area contributed by atoms with E-state index in [1.807, 2.05) is 0 Å². The van der Waals surface area contributed by atoms with Crippen LogP contribution in [0.3, 0.4) is 0 Å². The Bertz CT molecular complexity index is 961. The molecule has 0 bridgehead atoms. The monoisotopic (exact) mass is 414 g/mol. The van der Waals surface area contributed by atoms with Crippen LogP contribution in [0.2, 0.25) is 5.02 Å². The van der Waals surface area contributed by atoms with E-state index >= 15 is 8.78 Å². The minimum Gasteiger partial charge on any atom is -0.385 e. The number of hydrogen-bond acceptors (Lipinski definition) is 3. The molecule has 0 amide bonds. The third-order valence-corrected chi connectivity index (χ3v) is 5.27. The first kappa shape index (κ1) is 20.6. The number of hydrogen-bond donors (Lipinski definition) is 1. The molecule has 28 heavy (non-hydrogen) atoms. The van der Waals surface area contributed by atoms with Gasteiger partial charge in [0, 0.05) is 22.2 Å². The number of nitrogens with two attached hydrogens (primary N) is 1. The molecule has 0 radical (unpaired) electrons. The van der Waals surface area contributed by atoms with Gasteiger partial charge in [-0.2, -0.15) is 0 Å². The Kier molecular flexibility index (Phi) is 4.96. The molecule has 2 aromatic rings. The Morgan fingerprint density at radius 1 is 1.07 bits per heavy atom. The number of amidine groups is 1. The first-order valence-corrected chi connectivity index (χ1v) is 8.88. The lowest BCUT2D eigenvalue weighted by molar-refractivity contribution is -0.214. The number of alkyl halides is 2. The van der Waals surface area contributed by atoms with Gasteiger partial charge >= 0.3 is 5.92 Å². The molecule has 1 heterocycles. The fourth-order valence-corrected chi connectivity index (χ4v) is 3.54. The predicted octanol–water partition coefficient (Wildman–Crippen LogP) is 5.30. The number of aliphatic imine (C=N–C) groups is 1. The molecule has 2 aromatic carbocycles. The summed E-state index contributed by atoms with van der Waals surface area (Å²) in [6, 6.07) is 7.76. The molecule has 3 nitrogen and oxygen atoms in total. The normalized spacial score (nSPS) is 23.8. The molecule has 1 atom stereocenters. The summed E-state index contributed by atoms with van der Waals surface area (Å²) in [5.74, 6) is -5.93. The van der Waals surface area contributed by atoms with E-state index in [9.17, 15) is 8.78 Å². The second kappa shape index (κ2) is 6.74. The van der Waals surface area contributed by atoms with Gasteiger partial charge < -0.3 is 10.5 Å². The van der Waals surface area contributed by atoms with Crippen LogP contribution in [-0.4, -0.2) is 24.0 Å². The van der Waals surface area contributed by atoms with Crippen molar-refractivity contribution in [1.29, 1.82) is 0 Å². The number of benzene rings is 2. The van der Waals surface area contributed by atoms with E-state index in [2.05, 4.69) is 4.99 Å². The van der Waals surface area contributed by atoms with Crippen molar-refractivity contribution in [2.75, 3.05) is 6.61 Å². The number of ether oxygens (including phenoxy) is 1. The van der Waals surface area contributed by atoms with E-state index in [0.717, 1.165) is 13.0 Å². The lowest BCUT2D eigenvalue weighted by Crippen LogP contribution is -2.56. The average Bonchev–Trinajstić information content (AvgIpc) is 2.64. The molecule has 2 N–H and O–H groups in total. The zero-order valence-electron chi connectivity index (χ0n) is 15.5. The van der Waals surface area contributed by atoms with Gasteiger partial charge in [-0.15, -0.1) is 0 Å². The predicted molar refractivity (Wildman–Crippen MR) is 101 cm³/mol. The third kappa shape index (κ3) is 3.16. The highest BCUT2D eigenvalue weighted by Crippen LogP contribution is 2.51. The van der Waals surface area contributed by atoms with Crippen LogP contribution in [0, 0.1) is 11.6 Å². The average molecular weight is 415 g/mol. The standard InChI is InChI=1S/C20H19ClF4N2O/c1-18(2)20(24,25)19(3,27-17(26)10-28-18)14-8-13(15(22)9-16(14)23)11-5-4-6-12(21)7-11/h4-9H,10H2,1-3H3,(H2,26,27)/t19-/m1/s1. The quantitative estimate of drug-likeness (QED) is 0.678. The topological polar surface area (TPSA) is 47.6 Å². The van der Waals surface area contributed by atoms with Crippen molar-refractivity contribution in [2.45, 2.75) is 37.8 Å². The van der Waals surface area contributed by atoms with Gasteiger partial charge in [-0.1, -0.05) is 23.7 Å². The smallest absolute Gasteiger partial charge is 0.304 e. The van der Waals surface area contributed by atoms with Crippen molar-refractivity contribution in [2.24, 2.45) is 10.7 Å². The zero-order chi connectivity index (χ0) is 20.9. The summed E-state index contributed by atoms with van der Waals surface area (Å²) >= 11 is 5.95. The molecule has 8 heteroatoms. The Morgan fingerprint density at radius 2 is 1.75 bits per heavy atom. The second-order valence-electron chi connectivity index (χ2n) is 7.37. The maximum Gasteiger partial charge on any atom is 0.304 e. The summed E-state index contributed by atoms with van der Waals surface area (Å²) in [4.78, 5) is 3.90. The molecule has 3 rings (SSSR count). The second-order valence-corrected chi connectivity index (χ2v) is 7.81. The van der Waals surface area contributed by atoms with Gasteiger partial charge in [0.2, 0.25) is 0 Å². The third-order valence-electron chi connectivity index (χ3n) is 5.03. The molecular weight excluding hydrogens is 396 g/mol. The van der Waals surface area contributed by atoms with E-state index in [4.69, 9.17) is 22.1 Å². The maximum absolute atomic E-state index is 15.5. The molecule has 0 aliphatic carbocycles. The van der Waals surface area contributed by atoms with Crippen molar-refractivity contribution >= 4 is 17.4 Å². The fourth-order valence-electron chi connectivity index (χ4n) is 3.35. The Morgan fingerprint density at radius 3 is 2.39 bits per heavy atom. The number of halogens is 5. The van der Waals surface area contributed by atoms with E-state index in [0.29, 0.717) is 16.7 Å². The molecule has 0 spiro atoms. The van der Waals surface area contributed by atoms with Crippen molar-refractivity contribution in [3.05, 3.63) is 58.6 Å². The minimum absolute atomic E-state index is 0.0762. The highest BCUT2D eigenvalue weighted by molar-refractivity contribution is 6.30. The first-order chi connectivity index (χ1) is 12.9. The number of nitrogens with zero attached hydrogens (tertiary/aromatic N) is 1. The van der Waals surface area contributed by atoms with Crippen LogP contribution in [0.15, 0.2) is 41.4 Å². The van der Waals surface area contributed by atoms with Crippen LogP contribution >= 0.6 is 11.6 Å². The largest absolute Gasteiger partial charge is 0.385 e. The van der Waals surface area contributed by atoms with Gasteiger partial charge in [0.25, 0.3) is 0 Å². The summed E-state index contributed by atoms with van der Waals surface area (Å²) in [5.41, 5.74) is 1.06. The summed E-state index contributed by atoms with van der Waals surface area (Å²) in [6.45, 7) is 3.09. The van der Waals surface area contributed by atoms with Gasteiger partial charge in [-0.05, 0) is 44.5 Å². The highest BCUT2D eigenvalue weighted by atomic mass is 35.5. The molecule has 0 aromatic heterocycles. The summed E-state index contributed by atoms with van der Waals surface area (Å²) in [5, 5.41) is 0.325. The Hall–Kier alpha value is -2.12. The van der Waals surface area contributed by atoms with Gasteiger partial charge in [0.05, 0.1) is 0 Å². The van der Waals surface area contributed by atoms with E-state index in [-0.39, 0.29) is 18.0 Å². The maximum atomic E-state index is 15.5. The SMILES string of the molecule is CC1(C)OCC(N)=N[C@](C)(c2cc(-c3cccc(Cl)c3)c(F)cc2F)C1(F)F. The molecule has 0 saturated heterocycles. The van der Waals surface area contributed by atoms with Crippen LogP contribution in [0.5, 0.6) is 0 Å². The van der Waals surface area contributed by atoms with Crippen LogP contribution < -0.4 is 5.73 Å². The molecule has 1 aliphatic rings. The van der Waals surface area contributed by atoms with E-state index < -0.39 is 34.3 Å². The van der Waals surface area contributed by atoms with Crippen LogP contribution in [0.4, 0.5) is 17.6 Å². The highest BCUT2D eigenvalue weighted by Gasteiger charge is 2.64. The molecular formula is C20H19ClF4N2O. The Labute approximate surface area is 165 Å². The van der Waals surface area contributed by atoms with Gasteiger partial charge in [-0.3, -0.25) is 4.99 Å². The van der Waals surface area contributed by atoms with Crippen molar-refractivity contribution in [1.82, 2.24) is 0 Å². The van der Waals surface area contributed by atoms with Gasteiger partial charge in [0.1, 0.15) is 29.7 Å². The Balaban J connectivity index is 2.29. The lowest BCUT2D eigenvalue weighted by atomic mass is 9.77. The molecule has 0 saturated carbocycles. The van der Waals surface area contributed by atoms with Crippen molar-refractivity contribution < 1.29 is 22.3 Å². The molecule has 0 fully saturated rings. The van der Waals surface area contributed by atoms with Crippen LogP contribution in [0.25, 0.3) is 11.1 Å². The van der Waals surface area contributed by atoms with Gasteiger partial charge in [-0.25, -0.2) is 17.6 Å². The van der Waals surface area contributed by atoms with E-state index in [1.54, 1.807) is 18.2 Å². The summed E-state index contributed by atoms with van der Waals surface area (Å²) < 4.78 is 65.4. The van der Waals surface area contributed by atoms with Crippen LogP contribution in [-0.2, 0) is 10.3 Å². The zero-order valence-corrected chi connectivity index (χ0v) is 16.2. The summed E-state index contributed by atoms with van der Waals surface area (Å²) in [6.07, 6.45) is 0. The van der Waals surface area contributed by atoms with Crippen LogP contribution in [0.1, 0.15) is 26.3 Å². The number of rotatable bonds is 2. The summed E-state index contributed by atoms with van der Waals surface area (Å²) in [7, 11) is 0. The molecule has 1 aliphatic heterocycles. The molecule has 150 valence electrons. The first-order valence-electron chi connectivity index (χ1n) is 8.50. The van der Waals surface area contributed by atoms with Crippen molar-refractivity contribution in [3.63, 3.8) is 0 Å². The lowest BCUT2D eigenvalue weighted by Gasteiger charge is -2.42. The fraction of sp³-hybridized carbons (Fsp3) is 0.350. The molecule has 0 unspecified atom stereocenters. The van der Waals surface area contributed by atoms with Crippen molar-refractivity contribution in [3.8, 4) is 11.1 Å². The van der Waals surface area contributed by atoms with E-state index in [1.165, 1.54) is 19.9 Å².